The number of hydrogen-bond acceptors (Lipinski definition) is 4. The SMILES string of the molecule is CCn1c(C2CCN(C[C@H]3CCOC3)CC2)nn(C)c1=O. The second-order valence-corrected chi connectivity index (χ2v) is 6.31. The number of likely N-dealkylation sites (tertiary alicyclic amines) is 1. The number of rotatable bonds is 4. The number of nitrogens with zero attached hydrogens (tertiary/aromatic N) is 4. The smallest absolute Gasteiger partial charge is 0.345 e. The van der Waals surface area contributed by atoms with E-state index in [9.17, 15) is 4.79 Å². The van der Waals surface area contributed by atoms with Crippen LogP contribution in [0.25, 0.3) is 0 Å². The molecule has 21 heavy (non-hydrogen) atoms. The molecule has 1 atom stereocenters. The summed E-state index contributed by atoms with van der Waals surface area (Å²) in [5.74, 6) is 2.12. The van der Waals surface area contributed by atoms with Crippen molar-refractivity contribution in [1.29, 1.82) is 0 Å². The molecular formula is C15H26N4O2. The molecule has 0 N–H and O–H groups in total. The number of aromatic nitrogens is 3. The van der Waals surface area contributed by atoms with Crippen LogP contribution in [-0.2, 0) is 18.3 Å². The molecule has 0 spiro atoms. The highest BCUT2D eigenvalue weighted by Crippen LogP contribution is 2.27. The molecule has 0 saturated carbocycles. The number of piperidine rings is 1. The zero-order valence-corrected chi connectivity index (χ0v) is 13.1. The molecule has 0 amide bonds. The van der Waals surface area contributed by atoms with E-state index in [1.54, 1.807) is 7.05 Å². The van der Waals surface area contributed by atoms with E-state index in [0.29, 0.717) is 18.4 Å². The maximum atomic E-state index is 12.0. The Morgan fingerprint density at radius 3 is 2.67 bits per heavy atom. The number of ether oxygens (including phenoxy) is 1. The summed E-state index contributed by atoms with van der Waals surface area (Å²) in [7, 11) is 1.74. The van der Waals surface area contributed by atoms with Crippen molar-refractivity contribution in [2.45, 2.75) is 38.6 Å². The minimum absolute atomic E-state index is 0.0121. The quantitative estimate of drug-likeness (QED) is 0.825. The average molecular weight is 294 g/mol. The zero-order valence-electron chi connectivity index (χ0n) is 13.1. The number of aryl methyl sites for hydroxylation is 1. The van der Waals surface area contributed by atoms with E-state index >= 15 is 0 Å². The van der Waals surface area contributed by atoms with Crippen LogP contribution in [0.15, 0.2) is 4.79 Å². The lowest BCUT2D eigenvalue weighted by molar-refractivity contribution is 0.150. The van der Waals surface area contributed by atoms with Crippen LogP contribution in [0.3, 0.4) is 0 Å². The predicted octanol–water partition coefficient (Wildman–Crippen LogP) is 0.818. The molecule has 1 aromatic heterocycles. The topological polar surface area (TPSA) is 52.3 Å². The van der Waals surface area contributed by atoms with Gasteiger partial charge >= 0.3 is 5.69 Å². The van der Waals surface area contributed by atoms with Crippen molar-refractivity contribution in [3.63, 3.8) is 0 Å². The van der Waals surface area contributed by atoms with Gasteiger partial charge in [0, 0.05) is 32.7 Å². The maximum Gasteiger partial charge on any atom is 0.345 e. The van der Waals surface area contributed by atoms with E-state index in [4.69, 9.17) is 4.74 Å². The molecular weight excluding hydrogens is 268 g/mol. The fourth-order valence-electron chi connectivity index (χ4n) is 3.59. The van der Waals surface area contributed by atoms with Gasteiger partial charge in [-0.15, -0.1) is 0 Å². The van der Waals surface area contributed by atoms with E-state index in [-0.39, 0.29) is 5.69 Å². The molecule has 3 heterocycles. The number of hydrogen-bond donors (Lipinski definition) is 0. The van der Waals surface area contributed by atoms with Gasteiger partial charge in [-0.05, 0) is 45.2 Å². The molecule has 2 fully saturated rings. The first-order valence-electron chi connectivity index (χ1n) is 8.13. The van der Waals surface area contributed by atoms with Gasteiger partial charge in [0.05, 0.1) is 6.61 Å². The summed E-state index contributed by atoms with van der Waals surface area (Å²) in [5.41, 5.74) is 0.0121. The molecule has 2 aliphatic heterocycles. The van der Waals surface area contributed by atoms with Crippen LogP contribution < -0.4 is 5.69 Å². The van der Waals surface area contributed by atoms with Crippen molar-refractivity contribution < 1.29 is 4.74 Å². The predicted molar refractivity (Wildman–Crippen MR) is 80.5 cm³/mol. The molecule has 2 aliphatic rings. The Kier molecular flexibility index (Phi) is 4.45. The van der Waals surface area contributed by atoms with Gasteiger partial charge in [-0.1, -0.05) is 0 Å². The molecule has 0 aromatic carbocycles. The maximum absolute atomic E-state index is 12.0. The largest absolute Gasteiger partial charge is 0.381 e. The Morgan fingerprint density at radius 2 is 2.05 bits per heavy atom. The van der Waals surface area contributed by atoms with Crippen molar-refractivity contribution in [1.82, 2.24) is 19.2 Å². The van der Waals surface area contributed by atoms with Gasteiger partial charge in [-0.3, -0.25) is 4.57 Å². The second-order valence-electron chi connectivity index (χ2n) is 6.31. The summed E-state index contributed by atoms with van der Waals surface area (Å²) in [4.78, 5) is 14.5. The molecule has 1 aromatic rings. The van der Waals surface area contributed by atoms with Crippen LogP contribution in [0.4, 0.5) is 0 Å². The molecule has 118 valence electrons. The van der Waals surface area contributed by atoms with Crippen LogP contribution in [0.5, 0.6) is 0 Å². The second kappa shape index (κ2) is 6.32. The van der Waals surface area contributed by atoms with Crippen molar-refractivity contribution in [2.24, 2.45) is 13.0 Å². The van der Waals surface area contributed by atoms with E-state index in [1.165, 1.54) is 11.1 Å². The monoisotopic (exact) mass is 294 g/mol. The van der Waals surface area contributed by atoms with Crippen molar-refractivity contribution >= 4 is 0 Å². The lowest BCUT2D eigenvalue weighted by Crippen LogP contribution is -2.37. The molecule has 0 bridgehead atoms. The first kappa shape index (κ1) is 14.8. The van der Waals surface area contributed by atoms with E-state index in [1.807, 2.05) is 11.5 Å². The van der Waals surface area contributed by atoms with Crippen LogP contribution >= 0.6 is 0 Å². The third kappa shape index (κ3) is 3.06. The third-order valence-electron chi connectivity index (χ3n) is 4.85. The first-order valence-corrected chi connectivity index (χ1v) is 8.13. The fourth-order valence-corrected chi connectivity index (χ4v) is 3.59. The van der Waals surface area contributed by atoms with Gasteiger partial charge in [-0.2, -0.15) is 5.10 Å². The highest BCUT2D eigenvalue weighted by atomic mass is 16.5. The van der Waals surface area contributed by atoms with Gasteiger partial charge < -0.3 is 9.64 Å². The molecule has 0 radical (unpaired) electrons. The zero-order chi connectivity index (χ0) is 14.8. The van der Waals surface area contributed by atoms with Crippen molar-refractivity contribution in [3.8, 4) is 0 Å². The lowest BCUT2D eigenvalue weighted by atomic mass is 9.95. The minimum atomic E-state index is 0.0121. The molecule has 6 heteroatoms. The van der Waals surface area contributed by atoms with E-state index < -0.39 is 0 Å². The normalized spacial score (nSPS) is 24.8. The van der Waals surface area contributed by atoms with Gasteiger partial charge in [0.25, 0.3) is 0 Å². The van der Waals surface area contributed by atoms with Crippen LogP contribution in [-0.4, -0.2) is 52.1 Å². The van der Waals surface area contributed by atoms with Crippen LogP contribution in [0.1, 0.15) is 37.9 Å². The summed E-state index contributed by atoms with van der Waals surface area (Å²) in [6.07, 6.45) is 3.41. The molecule has 6 nitrogen and oxygen atoms in total. The minimum Gasteiger partial charge on any atom is -0.381 e. The van der Waals surface area contributed by atoms with E-state index in [2.05, 4.69) is 10.00 Å². The van der Waals surface area contributed by atoms with Crippen LogP contribution in [0, 0.1) is 5.92 Å². The molecule has 0 aliphatic carbocycles. The Bertz CT molecular complexity index is 522. The lowest BCUT2D eigenvalue weighted by Gasteiger charge is -2.32. The van der Waals surface area contributed by atoms with Gasteiger partial charge in [0.2, 0.25) is 0 Å². The van der Waals surface area contributed by atoms with Crippen LogP contribution in [0.2, 0.25) is 0 Å². The van der Waals surface area contributed by atoms with Gasteiger partial charge in [0.1, 0.15) is 5.82 Å². The standard InChI is InChI=1S/C15H26N4O2/c1-3-19-14(16-17(2)15(19)20)13-4-7-18(8-5-13)10-12-6-9-21-11-12/h12-13H,3-11H2,1-2H3/t12-/m1/s1. The highest BCUT2D eigenvalue weighted by molar-refractivity contribution is 5.00. The third-order valence-corrected chi connectivity index (χ3v) is 4.85. The first-order chi connectivity index (χ1) is 10.2. The van der Waals surface area contributed by atoms with Gasteiger partial charge in [0.15, 0.2) is 0 Å². The summed E-state index contributed by atoms with van der Waals surface area (Å²) in [5, 5.41) is 4.46. The Labute approximate surface area is 125 Å². The fraction of sp³-hybridized carbons (Fsp3) is 0.867. The van der Waals surface area contributed by atoms with Crippen molar-refractivity contribution in [2.75, 3.05) is 32.8 Å². The molecule has 3 rings (SSSR count). The summed E-state index contributed by atoms with van der Waals surface area (Å²) in [6.45, 7) is 7.96. The Balaban J connectivity index is 1.60. The summed E-state index contributed by atoms with van der Waals surface area (Å²) in [6, 6.07) is 0. The molecule has 0 unspecified atom stereocenters. The highest BCUT2D eigenvalue weighted by Gasteiger charge is 2.27. The van der Waals surface area contributed by atoms with Gasteiger partial charge in [-0.25, -0.2) is 9.48 Å². The average Bonchev–Trinajstić information content (AvgIpc) is 3.09. The summed E-state index contributed by atoms with van der Waals surface area (Å²) < 4.78 is 8.76. The molecule has 2 saturated heterocycles. The van der Waals surface area contributed by atoms with Crippen molar-refractivity contribution in [3.05, 3.63) is 16.3 Å². The Hall–Kier alpha value is -1.14. The van der Waals surface area contributed by atoms with E-state index in [0.717, 1.165) is 51.5 Å². The Morgan fingerprint density at radius 1 is 1.29 bits per heavy atom. The summed E-state index contributed by atoms with van der Waals surface area (Å²) >= 11 is 0.